The molecule has 27 heavy (non-hydrogen) atoms. The van der Waals surface area contributed by atoms with Gasteiger partial charge in [-0.15, -0.1) is 0 Å². The molecule has 1 aromatic heterocycles. The van der Waals surface area contributed by atoms with Gasteiger partial charge in [0.2, 0.25) is 5.91 Å². The van der Waals surface area contributed by atoms with E-state index in [4.69, 9.17) is 14.7 Å². The van der Waals surface area contributed by atoms with Crippen molar-refractivity contribution in [2.75, 3.05) is 12.4 Å². The molecule has 0 saturated heterocycles. The average molecular weight is 379 g/mol. The molecular formula is C21H21N3O2S. The maximum Gasteiger partial charge on any atom is 0.237 e. The van der Waals surface area contributed by atoms with Gasteiger partial charge in [0.15, 0.2) is 0 Å². The van der Waals surface area contributed by atoms with E-state index in [0.717, 1.165) is 46.0 Å². The molecule has 4 rings (SSSR count). The van der Waals surface area contributed by atoms with Gasteiger partial charge in [-0.1, -0.05) is 30.0 Å². The Bertz CT molecular complexity index is 971. The second-order valence-electron chi connectivity index (χ2n) is 6.66. The van der Waals surface area contributed by atoms with Gasteiger partial charge >= 0.3 is 0 Å². The molecule has 0 bridgehead atoms. The molecule has 5 nitrogen and oxygen atoms in total. The number of rotatable bonds is 6. The van der Waals surface area contributed by atoms with Crippen LogP contribution in [0.3, 0.4) is 0 Å². The van der Waals surface area contributed by atoms with Crippen LogP contribution in [0, 0.1) is 0 Å². The fourth-order valence-corrected chi connectivity index (χ4v) is 3.76. The summed E-state index contributed by atoms with van der Waals surface area (Å²) in [6.45, 7) is 1.90. The van der Waals surface area contributed by atoms with Crippen LogP contribution in [0.25, 0.3) is 10.9 Å². The van der Waals surface area contributed by atoms with Gasteiger partial charge in [0, 0.05) is 17.0 Å². The largest absolute Gasteiger partial charge is 0.497 e. The Morgan fingerprint density at radius 1 is 1.15 bits per heavy atom. The Kier molecular flexibility index (Phi) is 4.99. The van der Waals surface area contributed by atoms with Crippen LogP contribution in [0.4, 0.5) is 5.69 Å². The molecule has 1 heterocycles. The number of benzene rings is 2. The number of anilines is 1. The number of thioether (sulfide) groups is 1. The monoisotopic (exact) mass is 379 g/mol. The predicted octanol–water partition coefficient (Wildman–Crippen LogP) is 4.64. The van der Waals surface area contributed by atoms with E-state index in [1.165, 1.54) is 11.8 Å². The van der Waals surface area contributed by atoms with Crippen molar-refractivity contribution in [3.05, 3.63) is 54.4 Å². The molecule has 1 unspecified atom stereocenters. The number of carbonyl (C=O) groups is 1. The molecular weight excluding hydrogens is 358 g/mol. The fourth-order valence-electron chi connectivity index (χ4n) is 2.82. The summed E-state index contributed by atoms with van der Waals surface area (Å²) in [6, 6.07) is 15.3. The highest BCUT2D eigenvalue weighted by Gasteiger charge is 2.28. The Hall–Kier alpha value is -2.60. The maximum atomic E-state index is 12.6. The zero-order valence-electron chi connectivity index (χ0n) is 15.3. The first kappa shape index (κ1) is 17.8. The summed E-state index contributed by atoms with van der Waals surface area (Å²) in [6.07, 6.45) is 2.30. The molecule has 138 valence electrons. The molecule has 3 aromatic rings. The Morgan fingerprint density at radius 3 is 2.59 bits per heavy atom. The lowest BCUT2D eigenvalue weighted by molar-refractivity contribution is -0.115. The first-order valence-corrected chi connectivity index (χ1v) is 9.90. The van der Waals surface area contributed by atoms with Crippen molar-refractivity contribution in [1.29, 1.82) is 0 Å². The summed E-state index contributed by atoms with van der Waals surface area (Å²) < 4.78 is 5.15. The van der Waals surface area contributed by atoms with Crippen molar-refractivity contribution in [1.82, 2.24) is 9.97 Å². The third-order valence-electron chi connectivity index (χ3n) is 4.54. The zero-order valence-corrected chi connectivity index (χ0v) is 16.1. The molecule has 2 aromatic carbocycles. The van der Waals surface area contributed by atoms with Gasteiger partial charge in [0.25, 0.3) is 0 Å². The van der Waals surface area contributed by atoms with Crippen molar-refractivity contribution >= 4 is 34.3 Å². The second kappa shape index (κ2) is 7.56. The predicted molar refractivity (Wildman–Crippen MR) is 108 cm³/mol. The molecule has 0 spiro atoms. The zero-order chi connectivity index (χ0) is 18.8. The topological polar surface area (TPSA) is 64.1 Å². The highest BCUT2D eigenvalue weighted by atomic mass is 32.2. The van der Waals surface area contributed by atoms with E-state index in [0.29, 0.717) is 5.92 Å². The summed E-state index contributed by atoms with van der Waals surface area (Å²) in [5.74, 6) is 2.08. The highest BCUT2D eigenvalue weighted by Crippen LogP contribution is 2.40. The lowest BCUT2D eigenvalue weighted by Crippen LogP contribution is -2.22. The van der Waals surface area contributed by atoms with E-state index in [1.807, 2.05) is 55.5 Å². The molecule has 1 aliphatic rings. The van der Waals surface area contributed by atoms with Crippen molar-refractivity contribution in [2.24, 2.45) is 0 Å². The van der Waals surface area contributed by atoms with Crippen LogP contribution in [0.2, 0.25) is 0 Å². The third-order valence-corrected chi connectivity index (χ3v) is 5.65. The smallest absolute Gasteiger partial charge is 0.237 e. The van der Waals surface area contributed by atoms with Crippen molar-refractivity contribution in [2.45, 2.75) is 36.0 Å². The molecule has 6 heteroatoms. The number of aromatic nitrogens is 2. The SMILES string of the molecule is COc1ccc(NC(=O)C(C)Sc2nc(C3CC3)nc3ccccc23)cc1. The van der Waals surface area contributed by atoms with Crippen LogP contribution in [-0.4, -0.2) is 28.2 Å². The highest BCUT2D eigenvalue weighted by molar-refractivity contribution is 8.00. The van der Waals surface area contributed by atoms with Crippen LogP contribution in [0.5, 0.6) is 5.75 Å². The van der Waals surface area contributed by atoms with Gasteiger partial charge in [-0.05, 0) is 50.1 Å². The lowest BCUT2D eigenvalue weighted by atomic mass is 10.2. The number of hydrogen-bond acceptors (Lipinski definition) is 5. The molecule has 1 atom stereocenters. The number of fused-ring (bicyclic) bond motifs is 1. The van der Waals surface area contributed by atoms with Gasteiger partial charge in [-0.3, -0.25) is 4.79 Å². The van der Waals surface area contributed by atoms with Crippen LogP contribution in [-0.2, 0) is 4.79 Å². The molecule has 0 radical (unpaired) electrons. The molecule has 1 saturated carbocycles. The number of ether oxygens (including phenoxy) is 1. The number of amides is 1. The second-order valence-corrected chi connectivity index (χ2v) is 7.99. The van der Waals surface area contributed by atoms with Crippen LogP contribution in [0.15, 0.2) is 53.6 Å². The van der Waals surface area contributed by atoms with E-state index < -0.39 is 0 Å². The Morgan fingerprint density at radius 2 is 1.89 bits per heavy atom. The normalized spacial score (nSPS) is 14.7. The van der Waals surface area contributed by atoms with E-state index in [1.54, 1.807) is 7.11 Å². The maximum absolute atomic E-state index is 12.6. The van der Waals surface area contributed by atoms with Gasteiger partial charge in [0.1, 0.15) is 16.6 Å². The van der Waals surface area contributed by atoms with Crippen LogP contribution in [0.1, 0.15) is 31.5 Å². The summed E-state index contributed by atoms with van der Waals surface area (Å²) >= 11 is 1.48. The van der Waals surface area contributed by atoms with Crippen molar-refractivity contribution in [3.8, 4) is 5.75 Å². The minimum absolute atomic E-state index is 0.0548. The number of carbonyl (C=O) groups excluding carboxylic acids is 1. The van der Waals surface area contributed by atoms with E-state index in [-0.39, 0.29) is 11.2 Å². The summed E-state index contributed by atoms with van der Waals surface area (Å²) in [7, 11) is 1.62. The van der Waals surface area contributed by atoms with E-state index >= 15 is 0 Å². The Balaban J connectivity index is 1.52. The third kappa shape index (κ3) is 4.06. The number of hydrogen-bond donors (Lipinski definition) is 1. The van der Waals surface area contributed by atoms with Crippen LogP contribution < -0.4 is 10.1 Å². The van der Waals surface area contributed by atoms with Crippen molar-refractivity contribution < 1.29 is 9.53 Å². The van der Waals surface area contributed by atoms with Gasteiger partial charge < -0.3 is 10.1 Å². The summed E-state index contributed by atoms with van der Waals surface area (Å²) in [5, 5.41) is 4.54. The van der Waals surface area contributed by atoms with E-state index in [2.05, 4.69) is 5.32 Å². The van der Waals surface area contributed by atoms with Crippen LogP contribution >= 0.6 is 11.8 Å². The molecule has 1 fully saturated rings. The molecule has 1 aliphatic carbocycles. The first-order chi connectivity index (χ1) is 13.1. The Labute approximate surface area is 162 Å². The standard InChI is InChI=1S/C21H21N3O2S/c1-13(20(25)22-15-9-11-16(26-2)12-10-15)27-21-17-5-3-4-6-18(17)23-19(24-21)14-7-8-14/h3-6,9-14H,7-8H2,1-2H3,(H,22,25). The number of methoxy groups -OCH3 is 1. The number of nitrogens with zero attached hydrogens (tertiary/aromatic N) is 2. The minimum atomic E-state index is -0.280. The first-order valence-electron chi connectivity index (χ1n) is 9.02. The molecule has 0 aliphatic heterocycles. The molecule has 1 amide bonds. The minimum Gasteiger partial charge on any atom is -0.497 e. The fraction of sp³-hybridized carbons (Fsp3) is 0.286. The van der Waals surface area contributed by atoms with Gasteiger partial charge in [0.05, 0.1) is 17.9 Å². The average Bonchev–Trinajstić information content (AvgIpc) is 3.53. The summed E-state index contributed by atoms with van der Waals surface area (Å²) in [4.78, 5) is 22.1. The number of para-hydroxylation sites is 1. The van der Waals surface area contributed by atoms with Gasteiger partial charge in [-0.2, -0.15) is 0 Å². The number of nitrogens with one attached hydrogen (secondary N) is 1. The quantitative estimate of drug-likeness (QED) is 0.499. The lowest BCUT2D eigenvalue weighted by Gasteiger charge is -2.14. The molecule has 1 N–H and O–H groups in total. The summed E-state index contributed by atoms with van der Waals surface area (Å²) in [5.41, 5.74) is 1.69. The van der Waals surface area contributed by atoms with Gasteiger partial charge in [-0.25, -0.2) is 9.97 Å². The van der Waals surface area contributed by atoms with E-state index in [9.17, 15) is 4.79 Å². The van der Waals surface area contributed by atoms with Crippen molar-refractivity contribution in [3.63, 3.8) is 0 Å².